The summed E-state index contributed by atoms with van der Waals surface area (Å²) in [7, 11) is -3.54. The molecule has 24 heavy (non-hydrogen) atoms. The Hall–Kier alpha value is -1.22. The molecule has 0 aliphatic carbocycles. The van der Waals surface area contributed by atoms with Gasteiger partial charge in [0.25, 0.3) is 0 Å². The predicted molar refractivity (Wildman–Crippen MR) is 94.9 cm³/mol. The molecule has 1 fully saturated rings. The van der Waals surface area contributed by atoms with E-state index in [1.165, 1.54) is 11.3 Å². The third-order valence-corrected chi connectivity index (χ3v) is 7.68. The van der Waals surface area contributed by atoms with Crippen LogP contribution in [-0.2, 0) is 10.0 Å². The van der Waals surface area contributed by atoms with E-state index in [1.807, 2.05) is 20.8 Å². The molecule has 0 bridgehead atoms. The van der Waals surface area contributed by atoms with Crippen LogP contribution in [0.25, 0.3) is 11.3 Å². The van der Waals surface area contributed by atoms with Crippen molar-refractivity contribution in [2.24, 2.45) is 0 Å². The van der Waals surface area contributed by atoms with Crippen LogP contribution in [0.1, 0.15) is 22.4 Å². The summed E-state index contributed by atoms with van der Waals surface area (Å²) in [6.45, 7) is 11.3. The second-order valence-electron chi connectivity index (χ2n) is 6.09. The summed E-state index contributed by atoms with van der Waals surface area (Å²) in [6, 6.07) is 1.79. The second-order valence-corrected chi connectivity index (χ2v) is 9.39. The number of hydrogen-bond acceptors (Lipinski definition) is 6. The molecule has 6 nitrogen and oxygen atoms in total. The molecule has 0 amide bonds. The minimum absolute atomic E-state index is 0.381. The number of piperazine rings is 1. The number of likely N-dealkylation sites (N-methyl/N-ethyl adjacent to an activating group) is 1. The third-order valence-electron chi connectivity index (χ3n) is 4.46. The molecule has 1 aliphatic rings. The van der Waals surface area contributed by atoms with Crippen LogP contribution in [0, 0.1) is 20.8 Å². The van der Waals surface area contributed by atoms with Crippen molar-refractivity contribution in [3.63, 3.8) is 0 Å². The second kappa shape index (κ2) is 6.59. The van der Waals surface area contributed by atoms with Gasteiger partial charge in [-0.3, -0.25) is 0 Å². The van der Waals surface area contributed by atoms with Gasteiger partial charge in [0.15, 0.2) is 5.76 Å². The lowest BCUT2D eigenvalue weighted by Gasteiger charge is -2.33. The van der Waals surface area contributed by atoms with Crippen molar-refractivity contribution >= 4 is 21.4 Å². The van der Waals surface area contributed by atoms with Crippen molar-refractivity contribution in [1.29, 1.82) is 0 Å². The van der Waals surface area contributed by atoms with Crippen LogP contribution < -0.4 is 0 Å². The van der Waals surface area contributed by atoms with Crippen molar-refractivity contribution in [2.45, 2.75) is 32.6 Å². The summed E-state index contributed by atoms with van der Waals surface area (Å²) in [5.41, 5.74) is 1.41. The van der Waals surface area contributed by atoms with Crippen molar-refractivity contribution in [3.05, 3.63) is 21.5 Å². The van der Waals surface area contributed by atoms with E-state index in [-0.39, 0.29) is 0 Å². The Morgan fingerprint density at radius 3 is 2.38 bits per heavy atom. The molecule has 1 aliphatic heterocycles. The third kappa shape index (κ3) is 3.03. The molecule has 132 valence electrons. The first-order valence-corrected chi connectivity index (χ1v) is 10.4. The first-order chi connectivity index (χ1) is 11.3. The lowest BCUT2D eigenvalue weighted by Crippen LogP contribution is -2.48. The molecule has 0 unspecified atom stereocenters. The van der Waals surface area contributed by atoms with Gasteiger partial charge in [0.2, 0.25) is 10.0 Å². The first kappa shape index (κ1) is 17.6. The van der Waals surface area contributed by atoms with Gasteiger partial charge in [-0.05, 0) is 27.3 Å². The maximum atomic E-state index is 13.3. The average molecular weight is 370 g/mol. The zero-order valence-corrected chi connectivity index (χ0v) is 16.1. The number of nitrogens with zero attached hydrogens (tertiary/aromatic N) is 3. The molecule has 3 rings (SSSR count). The van der Waals surface area contributed by atoms with Gasteiger partial charge in [-0.2, -0.15) is 4.31 Å². The smallest absolute Gasteiger partial charge is 0.245 e. The molecule has 8 heteroatoms. The largest absolute Gasteiger partial charge is 0.356 e. The van der Waals surface area contributed by atoms with Gasteiger partial charge in [0.1, 0.15) is 4.90 Å². The van der Waals surface area contributed by atoms with Crippen LogP contribution in [0.4, 0.5) is 0 Å². The van der Waals surface area contributed by atoms with E-state index in [0.29, 0.717) is 29.3 Å². The van der Waals surface area contributed by atoms with Gasteiger partial charge in [-0.1, -0.05) is 12.1 Å². The lowest BCUT2D eigenvalue weighted by molar-refractivity contribution is 0.196. The maximum absolute atomic E-state index is 13.3. The molecule has 0 aromatic carbocycles. The molecule has 0 atom stereocenters. The number of rotatable bonds is 4. The van der Waals surface area contributed by atoms with Crippen LogP contribution >= 0.6 is 11.3 Å². The van der Waals surface area contributed by atoms with E-state index >= 15 is 0 Å². The number of sulfonamides is 1. The Bertz CT molecular complexity index is 831. The highest BCUT2D eigenvalue weighted by Gasteiger charge is 2.34. The van der Waals surface area contributed by atoms with Gasteiger partial charge >= 0.3 is 0 Å². The molecule has 0 N–H and O–H groups in total. The highest BCUT2D eigenvalue weighted by Crippen LogP contribution is 2.40. The monoisotopic (exact) mass is 369 g/mol. The number of hydrogen-bond donors (Lipinski definition) is 0. The minimum Gasteiger partial charge on any atom is -0.356 e. The molecular weight excluding hydrogens is 346 g/mol. The summed E-state index contributed by atoms with van der Waals surface area (Å²) in [4.78, 5) is 4.38. The van der Waals surface area contributed by atoms with Gasteiger partial charge in [-0.25, -0.2) is 8.42 Å². The lowest BCUT2D eigenvalue weighted by atomic mass is 10.2. The number of aromatic nitrogens is 1. The van der Waals surface area contributed by atoms with Gasteiger partial charge in [0, 0.05) is 42.0 Å². The molecule has 0 saturated carbocycles. The van der Waals surface area contributed by atoms with Crippen molar-refractivity contribution in [3.8, 4) is 11.3 Å². The number of aryl methyl sites for hydroxylation is 3. The topological polar surface area (TPSA) is 66.7 Å². The van der Waals surface area contributed by atoms with Crippen LogP contribution in [-0.4, -0.2) is 55.5 Å². The zero-order valence-electron chi connectivity index (χ0n) is 14.5. The Labute approximate surface area is 147 Å². The molecule has 2 aromatic heterocycles. The SMILES string of the molecule is CCN1CCN(S(=O)(=O)c2c(C)sc(C)c2-c2cc(C)no2)CC1. The van der Waals surface area contributed by atoms with E-state index < -0.39 is 10.0 Å². The molecule has 3 heterocycles. The predicted octanol–water partition coefficient (Wildman–Crippen LogP) is 2.65. The standard InChI is InChI=1S/C16H23N3O3S2/c1-5-18-6-8-19(9-7-18)24(20,21)16-13(4)23-12(3)15(16)14-10-11(2)17-22-14/h10H,5-9H2,1-4H3. The molecule has 1 saturated heterocycles. The van der Waals surface area contributed by atoms with Crippen LogP contribution in [0.2, 0.25) is 0 Å². The normalized spacial score (nSPS) is 17.5. The first-order valence-electron chi connectivity index (χ1n) is 8.10. The Morgan fingerprint density at radius 2 is 1.83 bits per heavy atom. The Morgan fingerprint density at radius 1 is 1.17 bits per heavy atom. The van der Waals surface area contributed by atoms with Gasteiger partial charge in [-0.15, -0.1) is 11.3 Å². The fraction of sp³-hybridized carbons (Fsp3) is 0.562. The summed E-state index contributed by atoms with van der Waals surface area (Å²) >= 11 is 1.49. The van der Waals surface area contributed by atoms with E-state index in [2.05, 4.69) is 17.0 Å². The van der Waals surface area contributed by atoms with Gasteiger partial charge in [0.05, 0.1) is 11.3 Å². The molecule has 0 radical (unpaired) electrons. The maximum Gasteiger partial charge on any atom is 0.245 e. The summed E-state index contributed by atoms with van der Waals surface area (Å²) in [5.74, 6) is 0.528. The molecule has 2 aromatic rings. The van der Waals surface area contributed by atoms with E-state index in [9.17, 15) is 8.42 Å². The van der Waals surface area contributed by atoms with Crippen molar-refractivity contribution in [2.75, 3.05) is 32.7 Å². The average Bonchev–Trinajstić information content (AvgIpc) is 3.10. The van der Waals surface area contributed by atoms with Crippen molar-refractivity contribution < 1.29 is 12.9 Å². The van der Waals surface area contributed by atoms with Crippen LogP contribution in [0.3, 0.4) is 0 Å². The zero-order chi connectivity index (χ0) is 17.5. The summed E-state index contributed by atoms with van der Waals surface area (Å²) in [6.07, 6.45) is 0. The summed E-state index contributed by atoms with van der Waals surface area (Å²) in [5, 5.41) is 3.91. The Balaban J connectivity index is 2.03. The van der Waals surface area contributed by atoms with Crippen LogP contribution in [0.15, 0.2) is 15.5 Å². The van der Waals surface area contributed by atoms with E-state index in [4.69, 9.17) is 4.52 Å². The Kier molecular flexibility index (Phi) is 4.83. The van der Waals surface area contributed by atoms with E-state index in [0.717, 1.165) is 35.1 Å². The summed E-state index contributed by atoms with van der Waals surface area (Å²) < 4.78 is 33.5. The number of thiophene rings is 1. The van der Waals surface area contributed by atoms with Crippen LogP contribution in [0.5, 0.6) is 0 Å². The highest BCUT2D eigenvalue weighted by molar-refractivity contribution is 7.89. The fourth-order valence-electron chi connectivity index (χ4n) is 3.16. The molecular formula is C16H23N3O3S2. The van der Waals surface area contributed by atoms with E-state index in [1.54, 1.807) is 10.4 Å². The highest BCUT2D eigenvalue weighted by atomic mass is 32.2. The fourth-order valence-corrected chi connectivity index (χ4v) is 6.40. The minimum atomic E-state index is -3.54. The quantitative estimate of drug-likeness (QED) is 0.829. The van der Waals surface area contributed by atoms with Gasteiger partial charge < -0.3 is 9.42 Å². The molecule has 0 spiro atoms. The van der Waals surface area contributed by atoms with Crippen molar-refractivity contribution in [1.82, 2.24) is 14.4 Å².